The van der Waals surface area contributed by atoms with Gasteiger partial charge in [-0.3, -0.25) is 0 Å². The third-order valence-electron chi connectivity index (χ3n) is 3.90. The third kappa shape index (κ3) is 0.944. The van der Waals surface area contributed by atoms with Gasteiger partial charge in [0.05, 0.1) is 0 Å². The lowest BCUT2D eigenvalue weighted by Gasteiger charge is -2.51. The number of rotatable bonds is 3. The van der Waals surface area contributed by atoms with Crippen LogP contribution in [0.25, 0.3) is 0 Å². The van der Waals surface area contributed by atoms with Gasteiger partial charge in [-0.15, -0.1) is 0 Å². The van der Waals surface area contributed by atoms with Crippen molar-refractivity contribution >= 4 is 0 Å². The fourth-order valence-electron chi connectivity index (χ4n) is 3.16. The van der Waals surface area contributed by atoms with E-state index in [0.717, 1.165) is 6.54 Å². The second-order valence-electron chi connectivity index (χ2n) is 4.78. The van der Waals surface area contributed by atoms with Crippen molar-refractivity contribution in [3.05, 3.63) is 0 Å². The van der Waals surface area contributed by atoms with Gasteiger partial charge in [0.15, 0.2) is 0 Å². The molecular weight excluding hydrogens is 148 g/mol. The summed E-state index contributed by atoms with van der Waals surface area (Å²) in [5.74, 6) is 0. The van der Waals surface area contributed by atoms with Crippen LogP contribution in [0.15, 0.2) is 0 Å². The Bertz CT molecular complexity index is 185. The first-order valence-corrected chi connectivity index (χ1v) is 5.05. The number of hydrogen-bond donors (Lipinski definition) is 1. The van der Waals surface area contributed by atoms with Gasteiger partial charge in [-0.2, -0.15) is 0 Å². The Kier molecular flexibility index (Phi) is 1.74. The molecule has 72 valence electrons. The molecule has 0 spiro atoms. The van der Waals surface area contributed by atoms with Gasteiger partial charge in [-0.05, 0) is 46.3 Å². The van der Waals surface area contributed by atoms with E-state index in [-0.39, 0.29) is 1.43 Å². The molecule has 0 aromatic carbocycles. The molecule has 3 aliphatic rings. The Morgan fingerprint density at radius 2 is 2.00 bits per heavy atom. The quantitative estimate of drug-likeness (QED) is 0.690. The summed E-state index contributed by atoms with van der Waals surface area (Å²) in [4.78, 5) is 2.43. The summed E-state index contributed by atoms with van der Waals surface area (Å²) in [6.45, 7) is 3.34. The molecule has 3 fully saturated rings. The van der Waals surface area contributed by atoms with Crippen LogP contribution in [0.5, 0.6) is 0 Å². The van der Waals surface area contributed by atoms with Gasteiger partial charge in [-0.1, -0.05) is 6.92 Å². The zero-order valence-corrected chi connectivity index (χ0v) is 8.48. The Morgan fingerprint density at radius 1 is 1.33 bits per heavy atom. The number of hydrogen-bond acceptors (Lipinski definition) is 2. The summed E-state index contributed by atoms with van der Waals surface area (Å²) in [6.07, 6.45) is 5.54. The van der Waals surface area contributed by atoms with Crippen LogP contribution < -0.4 is 5.32 Å². The molecule has 0 radical (unpaired) electrons. The molecule has 2 heteroatoms. The minimum atomic E-state index is 0. The highest BCUT2D eigenvalue weighted by atomic mass is 15.2. The zero-order chi connectivity index (χ0) is 8.82. The topological polar surface area (TPSA) is 15.3 Å². The highest BCUT2D eigenvalue weighted by molar-refractivity contribution is 5.20. The largest absolute Gasteiger partial charge is 0.311 e. The molecule has 0 aliphatic heterocycles. The van der Waals surface area contributed by atoms with Crippen LogP contribution >= 0.6 is 0 Å². The van der Waals surface area contributed by atoms with Gasteiger partial charge in [0.2, 0.25) is 0 Å². The van der Waals surface area contributed by atoms with Gasteiger partial charge in [0, 0.05) is 12.5 Å². The lowest BCUT2D eigenvalue weighted by atomic mass is 9.70. The second-order valence-corrected chi connectivity index (χ2v) is 4.78. The predicted molar refractivity (Wildman–Crippen MR) is 53.4 cm³/mol. The molecule has 0 aromatic heterocycles. The molecule has 3 saturated carbocycles. The summed E-state index contributed by atoms with van der Waals surface area (Å²) in [7, 11) is 4.45. The molecule has 2 bridgehead atoms. The van der Waals surface area contributed by atoms with E-state index in [1.807, 2.05) is 0 Å². The minimum absolute atomic E-state index is 0. The van der Waals surface area contributed by atoms with Crippen molar-refractivity contribution in [1.29, 1.82) is 0 Å². The minimum Gasteiger partial charge on any atom is -0.311 e. The van der Waals surface area contributed by atoms with Crippen molar-refractivity contribution in [1.82, 2.24) is 10.2 Å². The maximum absolute atomic E-state index is 3.64. The Morgan fingerprint density at radius 3 is 2.42 bits per heavy atom. The molecule has 3 rings (SSSR count). The molecule has 3 aliphatic carbocycles. The van der Waals surface area contributed by atoms with Gasteiger partial charge in [0.1, 0.15) is 0 Å². The van der Waals surface area contributed by atoms with Crippen LogP contribution in [0.4, 0.5) is 0 Å². The van der Waals surface area contributed by atoms with Crippen molar-refractivity contribution in [2.24, 2.45) is 0 Å². The van der Waals surface area contributed by atoms with E-state index in [4.69, 9.17) is 0 Å². The maximum Gasteiger partial charge on any atom is 0.0239 e. The van der Waals surface area contributed by atoms with Crippen molar-refractivity contribution in [3.63, 3.8) is 0 Å². The summed E-state index contributed by atoms with van der Waals surface area (Å²) in [6, 6.07) is 0. The Labute approximate surface area is 76.8 Å². The van der Waals surface area contributed by atoms with Crippen LogP contribution in [-0.4, -0.2) is 36.6 Å². The van der Waals surface area contributed by atoms with Crippen LogP contribution in [0.3, 0.4) is 0 Å². The average Bonchev–Trinajstić information content (AvgIpc) is 2.42. The first-order chi connectivity index (χ1) is 5.63. The molecule has 2 nitrogen and oxygen atoms in total. The fraction of sp³-hybridized carbons (Fsp3) is 1.00. The first kappa shape index (κ1) is 8.52. The van der Waals surface area contributed by atoms with Crippen molar-refractivity contribution in [3.8, 4) is 0 Å². The number of nitrogens with zero attached hydrogens (tertiary/aromatic N) is 1. The van der Waals surface area contributed by atoms with E-state index >= 15 is 0 Å². The van der Waals surface area contributed by atoms with E-state index in [1.165, 1.54) is 25.7 Å². The van der Waals surface area contributed by atoms with Gasteiger partial charge < -0.3 is 10.2 Å². The standard InChI is InChI=1S/C10H20N2.H2/c1-4-11-9-5-6-10(7-9,8-9)12(2)3;/h11H,4-8H2,1-3H3;1H. The molecule has 0 atom stereocenters. The highest BCUT2D eigenvalue weighted by Gasteiger charge is 2.61. The number of fused-ring (bicyclic) bond motifs is 1. The molecule has 0 amide bonds. The highest BCUT2D eigenvalue weighted by Crippen LogP contribution is 2.57. The van der Waals surface area contributed by atoms with Gasteiger partial charge >= 0.3 is 0 Å². The van der Waals surface area contributed by atoms with Crippen molar-refractivity contribution in [2.45, 2.75) is 43.7 Å². The summed E-state index contributed by atoms with van der Waals surface area (Å²) in [5.41, 5.74) is 1.11. The lowest BCUT2D eigenvalue weighted by Crippen LogP contribution is -2.61. The average molecular weight is 170 g/mol. The Hall–Kier alpha value is -0.0800. The first-order valence-electron chi connectivity index (χ1n) is 5.05. The maximum atomic E-state index is 3.64. The molecule has 12 heavy (non-hydrogen) atoms. The molecule has 1 N–H and O–H groups in total. The molecule has 0 unspecified atom stereocenters. The third-order valence-corrected chi connectivity index (χ3v) is 3.90. The monoisotopic (exact) mass is 170 g/mol. The van der Waals surface area contributed by atoms with E-state index < -0.39 is 0 Å². The van der Waals surface area contributed by atoms with Gasteiger partial charge in [0.25, 0.3) is 0 Å². The SMILES string of the molecule is CCNC12CCC(N(C)C)(C1)C2.[HH]. The van der Waals surface area contributed by atoms with Crippen molar-refractivity contribution in [2.75, 3.05) is 20.6 Å². The van der Waals surface area contributed by atoms with Gasteiger partial charge in [-0.25, -0.2) is 0 Å². The molecule has 0 heterocycles. The Balaban J connectivity index is 0.000000845. The molecule has 0 aromatic rings. The van der Waals surface area contributed by atoms with Crippen LogP contribution in [0.1, 0.15) is 34.0 Å². The second kappa shape index (κ2) is 2.46. The molecular formula is C10H22N2. The van der Waals surface area contributed by atoms with E-state index in [1.54, 1.807) is 0 Å². The van der Waals surface area contributed by atoms with Crippen molar-refractivity contribution < 1.29 is 1.43 Å². The fourth-order valence-corrected chi connectivity index (χ4v) is 3.16. The number of nitrogens with one attached hydrogen (secondary N) is 1. The summed E-state index contributed by atoms with van der Waals surface area (Å²) < 4.78 is 0. The van der Waals surface area contributed by atoms with Crippen LogP contribution in [0.2, 0.25) is 0 Å². The zero-order valence-electron chi connectivity index (χ0n) is 8.48. The normalized spacial score (nSPS) is 45.0. The molecule has 0 saturated heterocycles. The van der Waals surface area contributed by atoms with Crippen LogP contribution in [-0.2, 0) is 0 Å². The van der Waals surface area contributed by atoms with Crippen LogP contribution in [0, 0.1) is 0 Å². The van der Waals surface area contributed by atoms with E-state index in [9.17, 15) is 0 Å². The lowest BCUT2D eigenvalue weighted by molar-refractivity contribution is 0.0370. The van der Waals surface area contributed by atoms with E-state index in [2.05, 4.69) is 31.2 Å². The smallest absolute Gasteiger partial charge is 0.0239 e. The summed E-state index contributed by atoms with van der Waals surface area (Å²) >= 11 is 0. The van der Waals surface area contributed by atoms with E-state index in [0.29, 0.717) is 11.1 Å². The predicted octanol–water partition coefficient (Wildman–Crippen LogP) is 1.47. The summed E-state index contributed by atoms with van der Waals surface area (Å²) in [5, 5.41) is 3.64.